The Labute approximate surface area is 192 Å². The van der Waals surface area contributed by atoms with Crippen molar-refractivity contribution in [1.29, 1.82) is 0 Å². The van der Waals surface area contributed by atoms with Crippen LogP contribution in [0.5, 0.6) is 5.75 Å². The van der Waals surface area contributed by atoms with E-state index in [1.807, 2.05) is 24.4 Å². The van der Waals surface area contributed by atoms with Crippen LogP contribution in [0.2, 0.25) is 0 Å². The Kier molecular flexibility index (Phi) is 6.30. The lowest BCUT2D eigenvalue weighted by Gasteiger charge is -2.31. The molecule has 0 spiro atoms. The summed E-state index contributed by atoms with van der Waals surface area (Å²) in [6.45, 7) is 0.482. The highest BCUT2D eigenvalue weighted by Crippen LogP contribution is 2.37. The Bertz CT molecular complexity index is 1230. The van der Waals surface area contributed by atoms with Gasteiger partial charge in [-0.1, -0.05) is 15.9 Å². The van der Waals surface area contributed by atoms with E-state index in [1.165, 1.54) is 22.5 Å². The average molecular weight is 531 g/mol. The highest BCUT2D eigenvalue weighted by molar-refractivity contribution is 9.10. The quantitative estimate of drug-likeness (QED) is 0.466. The molecule has 2 heterocycles. The molecular weight excluding hydrogens is 509 g/mol. The zero-order valence-electron chi connectivity index (χ0n) is 17.2. The van der Waals surface area contributed by atoms with Crippen molar-refractivity contribution in [3.63, 3.8) is 0 Å². The van der Waals surface area contributed by atoms with E-state index in [2.05, 4.69) is 20.9 Å². The smallest absolute Gasteiger partial charge is 0.393 e. The second-order valence-corrected chi connectivity index (χ2v) is 10.7. The minimum Gasteiger partial charge on any atom is -0.497 e. The van der Waals surface area contributed by atoms with Gasteiger partial charge in [0.1, 0.15) is 5.75 Å². The van der Waals surface area contributed by atoms with Crippen LogP contribution in [0.25, 0.3) is 10.9 Å². The molecule has 1 aliphatic heterocycles. The molecule has 32 heavy (non-hydrogen) atoms. The molecular formula is C22H22BrF3N2O3S. The summed E-state index contributed by atoms with van der Waals surface area (Å²) in [7, 11) is -2.44. The third-order valence-electron chi connectivity index (χ3n) is 5.85. The molecule has 3 aromatic rings. The second-order valence-electron chi connectivity index (χ2n) is 7.88. The van der Waals surface area contributed by atoms with Crippen molar-refractivity contribution in [3.05, 3.63) is 58.2 Å². The van der Waals surface area contributed by atoms with Crippen molar-refractivity contribution < 1.29 is 26.3 Å². The summed E-state index contributed by atoms with van der Waals surface area (Å²) < 4.78 is 72.6. The maximum atomic E-state index is 13.2. The number of halogens is 4. The van der Waals surface area contributed by atoms with Crippen molar-refractivity contribution in [2.24, 2.45) is 0 Å². The van der Waals surface area contributed by atoms with Crippen LogP contribution in [0, 0.1) is 0 Å². The van der Waals surface area contributed by atoms with Gasteiger partial charge in [-0.15, -0.1) is 0 Å². The van der Waals surface area contributed by atoms with Crippen LogP contribution in [-0.4, -0.2) is 44.1 Å². The number of ether oxygens (including phenoxy) is 1. The maximum absolute atomic E-state index is 13.2. The number of fused-ring (bicyclic) bond motifs is 1. The predicted octanol–water partition coefficient (Wildman–Crippen LogP) is 5.61. The number of benzene rings is 2. The van der Waals surface area contributed by atoms with Crippen LogP contribution in [0.4, 0.5) is 13.2 Å². The standard InChI is InChI=1S/C22H22BrF3N2O3S/c1-31-17-3-4-20-18(11-17)19(13-27-20)14-6-8-28(9-7-14)32(29,30)21-5-2-16(23)10-15(21)12-22(24,25)26/h2-5,10-11,13-14,27H,6-9,12H2,1H3. The van der Waals surface area contributed by atoms with Gasteiger partial charge in [0.15, 0.2) is 0 Å². The van der Waals surface area contributed by atoms with Crippen LogP contribution in [0.15, 0.2) is 52.0 Å². The van der Waals surface area contributed by atoms with Crippen molar-refractivity contribution in [2.45, 2.75) is 36.3 Å². The Morgan fingerprint density at radius 3 is 2.53 bits per heavy atom. The summed E-state index contributed by atoms with van der Waals surface area (Å²) in [6.07, 6.45) is -2.71. The summed E-state index contributed by atoms with van der Waals surface area (Å²) >= 11 is 3.14. The van der Waals surface area contributed by atoms with E-state index in [4.69, 9.17) is 4.74 Å². The van der Waals surface area contributed by atoms with Gasteiger partial charge < -0.3 is 9.72 Å². The van der Waals surface area contributed by atoms with Gasteiger partial charge in [0.05, 0.1) is 18.4 Å². The number of aromatic nitrogens is 1. The molecule has 0 unspecified atom stereocenters. The van der Waals surface area contributed by atoms with E-state index in [1.54, 1.807) is 7.11 Å². The highest BCUT2D eigenvalue weighted by Gasteiger charge is 2.35. The van der Waals surface area contributed by atoms with Gasteiger partial charge in [-0.25, -0.2) is 8.42 Å². The number of rotatable bonds is 5. The monoisotopic (exact) mass is 530 g/mol. The van der Waals surface area contributed by atoms with Crippen LogP contribution in [-0.2, 0) is 16.4 Å². The molecule has 0 aliphatic carbocycles. The van der Waals surface area contributed by atoms with E-state index in [-0.39, 0.29) is 29.5 Å². The van der Waals surface area contributed by atoms with Crippen molar-refractivity contribution >= 4 is 36.9 Å². The number of alkyl halides is 3. The van der Waals surface area contributed by atoms with E-state index in [9.17, 15) is 21.6 Å². The first-order valence-electron chi connectivity index (χ1n) is 10.1. The number of hydrogen-bond acceptors (Lipinski definition) is 3. The molecule has 0 radical (unpaired) electrons. The first-order chi connectivity index (χ1) is 15.1. The molecule has 10 heteroatoms. The van der Waals surface area contributed by atoms with Gasteiger partial charge >= 0.3 is 6.18 Å². The minimum absolute atomic E-state index is 0.141. The van der Waals surface area contributed by atoms with Gasteiger partial charge in [0.25, 0.3) is 0 Å². The fourth-order valence-corrected chi connectivity index (χ4v) is 6.37. The van der Waals surface area contributed by atoms with E-state index < -0.39 is 22.6 Å². The molecule has 172 valence electrons. The van der Waals surface area contributed by atoms with Crippen molar-refractivity contribution in [2.75, 3.05) is 20.2 Å². The number of nitrogens with one attached hydrogen (secondary N) is 1. The van der Waals surface area contributed by atoms with E-state index in [0.29, 0.717) is 17.3 Å². The van der Waals surface area contributed by atoms with E-state index in [0.717, 1.165) is 22.2 Å². The van der Waals surface area contributed by atoms with Crippen molar-refractivity contribution in [1.82, 2.24) is 9.29 Å². The number of piperidine rings is 1. The Morgan fingerprint density at radius 2 is 1.88 bits per heavy atom. The molecule has 1 aliphatic rings. The fourth-order valence-electron chi connectivity index (χ4n) is 4.29. The molecule has 1 aromatic heterocycles. The van der Waals surface area contributed by atoms with Gasteiger partial charge in [0, 0.05) is 34.7 Å². The number of methoxy groups -OCH3 is 1. The molecule has 2 aromatic carbocycles. The molecule has 1 fully saturated rings. The Balaban J connectivity index is 1.56. The molecule has 4 rings (SSSR count). The first kappa shape index (κ1) is 23.1. The molecule has 5 nitrogen and oxygen atoms in total. The topological polar surface area (TPSA) is 62.4 Å². The third-order valence-corrected chi connectivity index (χ3v) is 8.34. The minimum atomic E-state index is -4.51. The summed E-state index contributed by atoms with van der Waals surface area (Å²) in [5, 5.41) is 1.03. The zero-order chi connectivity index (χ0) is 23.1. The second kappa shape index (κ2) is 8.72. The molecule has 0 saturated carbocycles. The first-order valence-corrected chi connectivity index (χ1v) is 12.3. The largest absolute Gasteiger partial charge is 0.497 e. The lowest BCUT2D eigenvalue weighted by molar-refractivity contribution is -0.127. The summed E-state index contributed by atoms with van der Waals surface area (Å²) in [5.74, 6) is 0.882. The van der Waals surface area contributed by atoms with Crippen LogP contribution < -0.4 is 4.74 Å². The summed E-state index contributed by atoms with van der Waals surface area (Å²) in [4.78, 5) is 2.96. The van der Waals surface area contributed by atoms with Gasteiger partial charge in [-0.05, 0) is 66.3 Å². The maximum Gasteiger partial charge on any atom is 0.393 e. The third kappa shape index (κ3) is 4.67. The molecule has 0 atom stereocenters. The van der Waals surface area contributed by atoms with Crippen LogP contribution in [0.3, 0.4) is 0 Å². The zero-order valence-corrected chi connectivity index (χ0v) is 19.6. The number of sulfonamides is 1. The van der Waals surface area contributed by atoms with Crippen LogP contribution in [0.1, 0.15) is 29.9 Å². The highest BCUT2D eigenvalue weighted by atomic mass is 79.9. The number of hydrogen-bond donors (Lipinski definition) is 1. The molecule has 1 N–H and O–H groups in total. The fraction of sp³-hybridized carbons (Fsp3) is 0.364. The summed E-state index contributed by atoms with van der Waals surface area (Å²) in [5.41, 5.74) is 1.82. The number of H-pyrrole nitrogens is 1. The summed E-state index contributed by atoms with van der Waals surface area (Å²) in [6, 6.07) is 9.70. The Morgan fingerprint density at radius 1 is 1.16 bits per heavy atom. The molecule has 1 saturated heterocycles. The van der Waals surface area contributed by atoms with Gasteiger partial charge in [-0.3, -0.25) is 0 Å². The SMILES string of the molecule is COc1ccc2[nH]cc(C3CCN(S(=O)(=O)c4ccc(Br)cc4CC(F)(F)F)CC3)c2c1. The lowest BCUT2D eigenvalue weighted by atomic mass is 9.90. The van der Waals surface area contributed by atoms with E-state index >= 15 is 0 Å². The number of aromatic amines is 1. The molecule has 0 amide bonds. The van der Waals surface area contributed by atoms with Gasteiger partial charge in [0.2, 0.25) is 10.0 Å². The molecule has 0 bridgehead atoms. The van der Waals surface area contributed by atoms with Gasteiger partial charge in [-0.2, -0.15) is 17.5 Å². The van der Waals surface area contributed by atoms with Crippen LogP contribution >= 0.6 is 15.9 Å². The lowest BCUT2D eigenvalue weighted by Crippen LogP contribution is -2.38. The van der Waals surface area contributed by atoms with Crippen molar-refractivity contribution in [3.8, 4) is 5.75 Å². The Hall–Kier alpha value is -2.04. The average Bonchev–Trinajstić information content (AvgIpc) is 3.15. The normalized spacial score (nSPS) is 16.5. The number of nitrogens with zero attached hydrogens (tertiary/aromatic N) is 1. The predicted molar refractivity (Wildman–Crippen MR) is 119 cm³/mol.